The van der Waals surface area contributed by atoms with Crippen molar-refractivity contribution in [1.29, 1.82) is 0 Å². The van der Waals surface area contributed by atoms with Gasteiger partial charge < -0.3 is 10.0 Å². The summed E-state index contributed by atoms with van der Waals surface area (Å²) < 4.78 is 0. The van der Waals surface area contributed by atoms with Crippen LogP contribution in [0.4, 0.5) is 5.69 Å². The Morgan fingerprint density at radius 1 is 0.730 bits per heavy atom. The number of rotatable bonds is 3. The second kappa shape index (κ2) is 7.94. The maximum atomic E-state index is 14.4. The van der Waals surface area contributed by atoms with E-state index in [0.29, 0.717) is 12.0 Å². The van der Waals surface area contributed by atoms with Gasteiger partial charge in [0, 0.05) is 30.3 Å². The monoisotopic (exact) mass is 479 g/mol. The Morgan fingerprint density at radius 2 is 1.35 bits per heavy atom. The van der Waals surface area contributed by atoms with Gasteiger partial charge in [0.05, 0.1) is 0 Å². The Morgan fingerprint density at radius 3 is 2.11 bits per heavy atom. The van der Waals surface area contributed by atoms with E-state index < -0.39 is 5.41 Å². The third-order valence-corrected chi connectivity index (χ3v) is 7.97. The molecule has 1 N–H and O–H groups in total. The lowest BCUT2D eigenvalue weighted by atomic mass is 9.72. The molecule has 0 saturated heterocycles. The smallest absolute Gasteiger partial charge is 0.246 e. The largest absolute Gasteiger partial charge is 0.507 e. The highest BCUT2D eigenvalue weighted by molar-refractivity contribution is 6.18. The molecule has 1 aliphatic heterocycles. The van der Waals surface area contributed by atoms with E-state index in [9.17, 15) is 9.90 Å². The fourth-order valence-electron chi connectivity index (χ4n) is 6.39. The third kappa shape index (κ3) is 2.85. The number of anilines is 1. The number of phenolic OH excluding ortho intramolecular Hbond substituents is 1. The predicted molar refractivity (Wildman–Crippen MR) is 148 cm³/mol. The van der Waals surface area contributed by atoms with Crippen LogP contribution in [-0.4, -0.2) is 18.1 Å². The van der Waals surface area contributed by atoms with E-state index in [0.717, 1.165) is 50.2 Å². The lowest BCUT2D eigenvalue weighted by Gasteiger charge is -2.28. The van der Waals surface area contributed by atoms with Crippen LogP contribution < -0.4 is 4.90 Å². The molecule has 0 radical (unpaired) electrons. The van der Waals surface area contributed by atoms with Crippen LogP contribution in [-0.2, 0) is 16.6 Å². The van der Waals surface area contributed by atoms with Crippen molar-refractivity contribution in [2.24, 2.45) is 0 Å². The van der Waals surface area contributed by atoms with Gasteiger partial charge in [0.1, 0.15) is 11.2 Å². The van der Waals surface area contributed by atoms with Crippen molar-refractivity contribution in [1.82, 2.24) is 0 Å². The molecule has 3 nitrogen and oxygen atoms in total. The molecule has 1 unspecified atom stereocenters. The molecular formula is C34H25NO2. The summed E-state index contributed by atoms with van der Waals surface area (Å²) in [6.07, 6.45) is 0.567. The number of fused-ring (bicyclic) bond motifs is 7. The standard InChI is InChI=1S/C34H25NO2/c1-35-29-19-11-10-18-28(29)34(33(35)37)27-17-9-8-16-25(27)30-26(23-14-6-3-7-15-23)21-24(32(36)31(30)34)20-22-12-4-2-5-13-22/h2-19,21,36H,20H2,1H3. The molecule has 1 aliphatic carbocycles. The normalized spacial score (nSPS) is 17.1. The molecule has 178 valence electrons. The van der Waals surface area contributed by atoms with Crippen LogP contribution in [0.5, 0.6) is 5.75 Å². The second-order valence-electron chi connectivity index (χ2n) is 9.89. The zero-order chi connectivity index (χ0) is 25.1. The van der Waals surface area contributed by atoms with E-state index >= 15 is 0 Å². The van der Waals surface area contributed by atoms with Crippen LogP contribution in [0.2, 0.25) is 0 Å². The molecular weight excluding hydrogens is 454 g/mol. The summed E-state index contributed by atoms with van der Waals surface area (Å²) >= 11 is 0. The van der Waals surface area contributed by atoms with Crippen LogP contribution in [0.15, 0.2) is 115 Å². The molecule has 0 aromatic heterocycles. The molecule has 1 amide bonds. The Balaban J connectivity index is 1.63. The number of aromatic hydroxyl groups is 1. The topological polar surface area (TPSA) is 40.5 Å². The first-order valence-corrected chi connectivity index (χ1v) is 12.6. The molecule has 7 rings (SSSR count). The van der Waals surface area contributed by atoms with Crippen molar-refractivity contribution in [3.63, 3.8) is 0 Å². The minimum Gasteiger partial charge on any atom is -0.507 e. The number of carbonyl (C=O) groups excluding carboxylic acids is 1. The molecule has 0 bridgehead atoms. The number of para-hydroxylation sites is 1. The molecule has 0 fully saturated rings. The lowest BCUT2D eigenvalue weighted by Crippen LogP contribution is -2.39. The zero-order valence-electron chi connectivity index (χ0n) is 20.5. The first kappa shape index (κ1) is 21.6. The lowest BCUT2D eigenvalue weighted by molar-refractivity contribution is -0.120. The number of hydrogen-bond acceptors (Lipinski definition) is 2. The summed E-state index contributed by atoms with van der Waals surface area (Å²) in [5, 5.41) is 12.1. The Kier molecular flexibility index (Phi) is 4.64. The fourth-order valence-corrected chi connectivity index (χ4v) is 6.39. The third-order valence-electron chi connectivity index (χ3n) is 7.97. The second-order valence-corrected chi connectivity index (χ2v) is 9.89. The molecule has 1 atom stereocenters. The number of nitrogens with zero attached hydrogens (tertiary/aromatic N) is 1. The predicted octanol–water partition coefficient (Wildman–Crippen LogP) is 6.94. The average molecular weight is 480 g/mol. The number of hydrogen-bond donors (Lipinski definition) is 1. The Labute approximate surface area is 216 Å². The van der Waals surface area contributed by atoms with Crippen LogP contribution in [0, 0.1) is 0 Å². The van der Waals surface area contributed by atoms with Gasteiger partial charge in [-0.05, 0) is 51.1 Å². The van der Waals surface area contributed by atoms with E-state index in [4.69, 9.17) is 0 Å². The molecule has 5 aromatic rings. The molecule has 2 aliphatic rings. The molecule has 0 saturated carbocycles. The van der Waals surface area contributed by atoms with E-state index in [2.05, 4.69) is 36.4 Å². The van der Waals surface area contributed by atoms with Crippen molar-refractivity contribution in [3.8, 4) is 28.0 Å². The van der Waals surface area contributed by atoms with E-state index in [-0.39, 0.29) is 11.7 Å². The minimum absolute atomic E-state index is 0.0360. The van der Waals surface area contributed by atoms with Gasteiger partial charge in [-0.1, -0.05) is 103 Å². The molecule has 1 heterocycles. The quantitative estimate of drug-likeness (QED) is 0.304. The van der Waals surface area contributed by atoms with Gasteiger partial charge in [-0.25, -0.2) is 0 Å². The minimum atomic E-state index is -1.10. The number of amides is 1. The van der Waals surface area contributed by atoms with Gasteiger partial charge in [0.2, 0.25) is 5.91 Å². The molecule has 1 spiro atoms. The Hall–Kier alpha value is -4.63. The summed E-state index contributed by atoms with van der Waals surface area (Å²) in [4.78, 5) is 16.1. The van der Waals surface area contributed by atoms with Gasteiger partial charge in [-0.3, -0.25) is 4.79 Å². The van der Waals surface area contributed by atoms with E-state index in [1.54, 1.807) is 4.90 Å². The van der Waals surface area contributed by atoms with Crippen molar-refractivity contribution in [2.75, 3.05) is 11.9 Å². The van der Waals surface area contributed by atoms with E-state index in [1.807, 2.05) is 85.9 Å². The number of carbonyl (C=O) groups is 1. The van der Waals surface area contributed by atoms with Gasteiger partial charge >= 0.3 is 0 Å². The highest BCUT2D eigenvalue weighted by atomic mass is 16.3. The first-order chi connectivity index (χ1) is 18.1. The van der Waals surface area contributed by atoms with Crippen LogP contribution in [0.3, 0.4) is 0 Å². The van der Waals surface area contributed by atoms with Gasteiger partial charge in [0.25, 0.3) is 0 Å². The summed E-state index contributed by atoms with van der Waals surface area (Å²) in [6.45, 7) is 0. The highest BCUT2D eigenvalue weighted by Gasteiger charge is 2.59. The summed E-state index contributed by atoms with van der Waals surface area (Å²) in [5.74, 6) is 0.166. The van der Waals surface area contributed by atoms with Crippen LogP contribution in [0.1, 0.15) is 27.8 Å². The van der Waals surface area contributed by atoms with Gasteiger partial charge in [-0.15, -0.1) is 0 Å². The number of likely N-dealkylation sites (N-methyl/N-ethyl adjacent to an activating group) is 1. The van der Waals surface area contributed by atoms with E-state index in [1.165, 1.54) is 0 Å². The highest BCUT2D eigenvalue weighted by Crippen LogP contribution is 2.63. The molecule has 37 heavy (non-hydrogen) atoms. The summed E-state index contributed by atoms with van der Waals surface area (Å²) in [5.41, 5.74) is 8.27. The SMILES string of the molecule is CN1C(=O)C2(c3ccccc3-c3c(-c4ccccc4)cc(Cc4ccccc4)c(O)c32)c2ccccc21. The van der Waals surface area contributed by atoms with Crippen LogP contribution >= 0.6 is 0 Å². The average Bonchev–Trinajstić information content (AvgIpc) is 3.38. The number of benzene rings is 5. The first-order valence-electron chi connectivity index (χ1n) is 12.6. The van der Waals surface area contributed by atoms with Crippen LogP contribution in [0.25, 0.3) is 22.3 Å². The van der Waals surface area contributed by atoms with Crippen molar-refractivity contribution < 1.29 is 9.90 Å². The number of phenols is 1. The van der Waals surface area contributed by atoms with Crippen molar-refractivity contribution in [2.45, 2.75) is 11.8 Å². The van der Waals surface area contributed by atoms with Crippen molar-refractivity contribution in [3.05, 3.63) is 143 Å². The fraction of sp³-hybridized carbons (Fsp3) is 0.0882. The van der Waals surface area contributed by atoms with Crippen molar-refractivity contribution >= 4 is 11.6 Å². The summed E-state index contributed by atoms with van der Waals surface area (Å²) in [6, 6.07) is 38.7. The van der Waals surface area contributed by atoms with Gasteiger partial charge in [-0.2, -0.15) is 0 Å². The maximum Gasteiger partial charge on any atom is 0.246 e. The zero-order valence-corrected chi connectivity index (χ0v) is 20.5. The maximum absolute atomic E-state index is 14.4. The molecule has 3 heteroatoms. The molecule has 5 aromatic carbocycles. The summed E-state index contributed by atoms with van der Waals surface area (Å²) in [7, 11) is 1.83. The van der Waals surface area contributed by atoms with Gasteiger partial charge in [0.15, 0.2) is 0 Å². The Bertz CT molecular complexity index is 1690.